The van der Waals surface area contributed by atoms with Crippen molar-refractivity contribution in [3.8, 4) is 0 Å². The van der Waals surface area contributed by atoms with E-state index in [0.29, 0.717) is 6.61 Å². The molecule has 0 radical (unpaired) electrons. The standard InChI is InChI=1S/C11H18N4O3/c1-6-5-7(3-4-18-6)13-8-9(12)15(2)11(17)14-10(8)16/h6-7,13H,3-5,12H2,1-2H3,(H,14,16,17). The first kappa shape index (κ1) is 12.7. The van der Waals surface area contributed by atoms with Gasteiger partial charge in [-0.3, -0.25) is 14.3 Å². The molecule has 1 aromatic rings. The van der Waals surface area contributed by atoms with E-state index >= 15 is 0 Å². The van der Waals surface area contributed by atoms with E-state index in [1.54, 1.807) is 0 Å². The van der Waals surface area contributed by atoms with Crippen LogP contribution in [0.4, 0.5) is 11.5 Å². The van der Waals surface area contributed by atoms with E-state index in [2.05, 4.69) is 10.3 Å². The average molecular weight is 254 g/mol. The second-order valence-electron chi connectivity index (χ2n) is 4.63. The Bertz CT molecular complexity index is 548. The van der Waals surface area contributed by atoms with Gasteiger partial charge in [0.1, 0.15) is 11.5 Å². The van der Waals surface area contributed by atoms with E-state index in [0.717, 1.165) is 12.8 Å². The van der Waals surface area contributed by atoms with Crippen LogP contribution >= 0.6 is 0 Å². The lowest BCUT2D eigenvalue weighted by molar-refractivity contribution is 0.0232. The molecule has 0 bridgehead atoms. The number of nitrogens with two attached hydrogens (primary N) is 1. The van der Waals surface area contributed by atoms with Crippen molar-refractivity contribution < 1.29 is 4.74 Å². The molecule has 0 saturated carbocycles. The van der Waals surface area contributed by atoms with Gasteiger partial charge in [-0.05, 0) is 19.8 Å². The highest BCUT2D eigenvalue weighted by atomic mass is 16.5. The van der Waals surface area contributed by atoms with Crippen LogP contribution in [0.15, 0.2) is 9.59 Å². The molecule has 7 heteroatoms. The van der Waals surface area contributed by atoms with Crippen molar-refractivity contribution in [1.29, 1.82) is 0 Å². The number of hydrogen-bond donors (Lipinski definition) is 3. The summed E-state index contributed by atoms with van der Waals surface area (Å²) in [4.78, 5) is 25.3. The molecule has 2 heterocycles. The summed E-state index contributed by atoms with van der Waals surface area (Å²) in [7, 11) is 1.52. The molecule has 0 aliphatic carbocycles. The molecule has 4 N–H and O–H groups in total. The second-order valence-corrected chi connectivity index (χ2v) is 4.63. The van der Waals surface area contributed by atoms with Gasteiger partial charge >= 0.3 is 5.69 Å². The van der Waals surface area contributed by atoms with Crippen LogP contribution in [-0.4, -0.2) is 28.3 Å². The number of ether oxygens (including phenoxy) is 1. The van der Waals surface area contributed by atoms with Gasteiger partial charge in [-0.25, -0.2) is 4.79 Å². The quantitative estimate of drug-likeness (QED) is 0.668. The van der Waals surface area contributed by atoms with Gasteiger partial charge in [0.15, 0.2) is 0 Å². The largest absolute Gasteiger partial charge is 0.383 e. The third-order valence-corrected chi connectivity index (χ3v) is 3.20. The van der Waals surface area contributed by atoms with E-state index in [4.69, 9.17) is 10.5 Å². The van der Waals surface area contributed by atoms with Crippen LogP contribution < -0.4 is 22.3 Å². The highest BCUT2D eigenvalue weighted by molar-refractivity contribution is 5.60. The molecule has 1 aliphatic heterocycles. The first-order valence-corrected chi connectivity index (χ1v) is 5.96. The highest BCUT2D eigenvalue weighted by Crippen LogP contribution is 2.18. The van der Waals surface area contributed by atoms with Gasteiger partial charge in [0.25, 0.3) is 5.56 Å². The number of aromatic nitrogens is 2. The molecular formula is C11H18N4O3. The van der Waals surface area contributed by atoms with E-state index in [1.165, 1.54) is 11.6 Å². The lowest BCUT2D eigenvalue weighted by Gasteiger charge is -2.28. The summed E-state index contributed by atoms with van der Waals surface area (Å²) < 4.78 is 6.65. The Kier molecular flexibility index (Phi) is 3.42. The maximum absolute atomic E-state index is 11.7. The third kappa shape index (κ3) is 2.40. The van der Waals surface area contributed by atoms with E-state index in [9.17, 15) is 9.59 Å². The number of H-pyrrole nitrogens is 1. The summed E-state index contributed by atoms with van der Waals surface area (Å²) in [6.45, 7) is 2.64. The molecular weight excluding hydrogens is 236 g/mol. The number of hydrogen-bond acceptors (Lipinski definition) is 5. The lowest BCUT2D eigenvalue weighted by Crippen LogP contribution is -2.38. The van der Waals surface area contributed by atoms with Crippen LogP contribution in [0.3, 0.4) is 0 Å². The van der Waals surface area contributed by atoms with Gasteiger partial charge in [-0.1, -0.05) is 0 Å². The minimum atomic E-state index is -0.511. The highest BCUT2D eigenvalue weighted by Gasteiger charge is 2.21. The number of anilines is 2. The molecule has 1 saturated heterocycles. The van der Waals surface area contributed by atoms with Crippen molar-refractivity contribution in [3.05, 3.63) is 20.8 Å². The van der Waals surface area contributed by atoms with Gasteiger partial charge in [-0.15, -0.1) is 0 Å². The van der Waals surface area contributed by atoms with Crippen molar-refractivity contribution in [2.75, 3.05) is 17.7 Å². The van der Waals surface area contributed by atoms with Crippen LogP contribution in [0.25, 0.3) is 0 Å². The van der Waals surface area contributed by atoms with Crippen LogP contribution in [0.5, 0.6) is 0 Å². The van der Waals surface area contributed by atoms with Crippen LogP contribution in [0.1, 0.15) is 19.8 Å². The molecule has 100 valence electrons. The number of aromatic amines is 1. The Hall–Kier alpha value is -1.76. The van der Waals surface area contributed by atoms with Crippen LogP contribution in [0, 0.1) is 0 Å². The molecule has 2 atom stereocenters. The number of nitrogen functional groups attached to an aromatic ring is 1. The summed E-state index contributed by atoms with van der Waals surface area (Å²) in [5, 5.41) is 3.11. The normalized spacial score (nSPS) is 23.9. The molecule has 1 aliphatic rings. The maximum Gasteiger partial charge on any atom is 0.329 e. The van der Waals surface area contributed by atoms with Gasteiger partial charge in [-0.2, -0.15) is 0 Å². The van der Waals surface area contributed by atoms with Crippen molar-refractivity contribution in [2.45, 2.75) is 31.9 Å². The fourth-order valence-corrected chi connectivity index (χ4v) is 2.11. The van der Waals surface area contributed by atoms with Gasteiger partial charge < -0.3 is 15.8 Å². The predicted octanol–water partition coefficient (Wildman–Crippen LogP) is -0.365. The summed E-state index contributed by atoms with van der Waals surface area (Å²) >= 11 is 0. The van der Waals surface area contributed by atoms with Crippen molar-refractivity contribution >= 4 is 11.5 Å². The van der Waals surface area contributed by atoms with E-state index in [-0.39, 0.29) is 23.7 Å². The molecule has 1 fully saturated rings. The first-order valence-electron chi connectivity index (χ1n) is 5.96. The summed E-state index contributed by atoms with van der Waals surface area (Å²) in [5.74, 6) is 0.155. The fraction of sp³-hybridized carbons (Fsp3) is 0.636. The lowest BCUT2D eigenvalue weighted by atomic mass is 10.0. The van der Waals surface area contributed by atoms with Gasteiger partial charge in [0.2, 0.25) is 0 Å². The minimum Gasteiger partial charge on any atom is -0.383 e. The number of rotatable bonds is 2. The molecule has 18 heavy (non-hydrogen) atoms. The van der Waals surface area contributed by atoms with Crippen molar-refractivity contribution in [1.82, 2.24) is 9.55 Å². The van der Waals surface area contributed by atoms with Crippen molar-refractivity contribution in [3.63, 3.8) is 0 Å². The number of nitrogens with one attached hydrogen (secondary N) is 2. The van der Waals surface area contributed by atoms with Crippen LogP contribution in [0.2, 0.25) is 0 Å². The predicted molar refractivity (Wildman–Crippen MR) is 68.8 cm³/mol. The van der Waals surface area contributed by atoms with E-state index in [1.807, 2.05) is 6.92 Å². The Morgan fingerprint density at radius 2 is 2.22 bits per heavy atom. The number of nitrogens with zero attached hydrogens (tertiary/aromatic N) is 1. The summed E-state index contributed by atoms with van der Waals surface area (Å²) in [5.41, 5.74) is 5.06. The van der Waals surface area contributed by atoms with Gasteiger partial charge in [0, 0.05) is 19.7 Å². The van der Waals surface area contributed by atoms with E-state index < -0.39 is 11.2 Å². The summed E-state index contributed by atoms with van der Waals surface area (Å²) in [6.07, 6.45) is 1.78. The Morgan fingerprint density at radius 3 is 2.89 bits per heavy atom. The maximum atomic E-state index is 11.7. The minimum absolute atomic E-state index is 0.134. The zero-order valence-electron chi connectivity index (χ0n) is 10.5. The molecule has 7 nitrogen and oxygen atoms in total. The monoisotopic (exact) mass is 254 g/mol. The smallest absolute Gasteiger partial charge is 0.329 e. The Morgan fingerprint density at radius 1 is 1.50 bits per heavy atom. The second kappa shape index (κ2) is 4.85. The fourth-order valence-electron chi connectivity index (χ4n) is 2.11. The molecule has 0 spiro atoms. The SMILES string of the molecule is CC1CC(Nc2c(N)n(C)c(=O)[nH]c2=O)CCO1. The van der Waals surface area contributed by atoms with Crippen molar-refractivity contribution in [2.24, 2.45) is 7.05 Å². The zero-order valence-corrected chi connectivity index (χ0v) is 10.5. The third-order valence-electron chi connectivity index (χ3n) is 3.20. The first-order chi connectivity index (χ1) is 8.49. The molecule has 2 unspecified atom stereocenters. The molecule has 1 aromatic heterocycles. The summed E-state index contributed by atoms with van der Waals surface area (Å²) in [6, 6.07) is 0.134. The molecule has 2 rings (SSSR count). The topological polar surface area (TPSA) is 102 Å². The average Bonchev–Trinajstić information content (AvgIpc) is 2.32. The molecule has 0 amide bonds. The Balaban J connectivity index is 2.26. The van der Waals surface area contributed by atoms with Crippen LogP contribution in [-0.2, 0) is 11.8 Å². The van der Waals surface area contributed by atoms with Gasteiger partial charge in [0.05, 0.1) is 6.10 Å². The molecule has 0 aromatic carbocycles. The zero-order chi connectivity index (χ0) is 13.3. The Labute approximate surface area is 104 Å².